The van der Waals surface area contributed by atoms with Gasteiger partial charge in [0.1, 0.15) is 0 Å². The first-order chi connectivity index (χ1) is 10.7. The van der Waals surface area contributed by atoms with Crippen LogP contribution in [0.15, 0.2) is 15.0 Å². The summed E-state index contributed by atoms with van der Waals surface area (Å²) < 4.78 is 1.81. The molecule has 26 heavy (non-hydrogen) atoms. The van der Waals surface area contributed by atoms with Crippen LogP contribution in [0.4, 0.5) is 0 Å². The molecular weight excluding hydrogens is 724 g/mol. The van der Waals surface area contributed by atoms with Gasteiger partial charge in [-0.1, -0.05) is 73.2 Å². The molecule has 0 spiro atoms. The predicted molar refractivity (Wildman–Crippen MR) is 142 cm³/mol. The van der Waals surface area contributed by atoms with E-state index >= 15 is 0 Å². The third-order valence-electron chi connectivity index (χ3n) is 2.58. The van der Waals surface area contributed by atoms with Gasteiger partial charge in [-0.15, -0.1) is 50.9 Å². The maximum atomic E-state index is 7.38. The van der Waals surface area contributed by atoms with Gasteiger partial charge in [0.15, 0.2) is 15.5 Å². The monoisotopic (exact) mass is 738 g/mol. The molecule has 0 radical (unpaired) electrons. The van der Waals surface area contributed by atoms with E-state index < -0.39 is 0 Å². The summed E-state index contributed by atoms with van der Waals surface area (Å²) in [6.45, 7) is 0. The molecule has 14 heteroatoms. The summed E-state index contributed by atoms with van der Waals surface area (Å²) in [4.78, 5) is 0. The van der Waals surface area contributed by atoms with Crippen LogP contribution in [0, 0.1) is 16.2 Å². The van der Waals surface area contributed by atoms with Gasteiger partial charge in [-0.2, -0.15) is 0 Å². The molecule has 0 aliphatic rings. The summed E-state index contributed by atoms with van der Waals surface area (Å²) in [5.74, 6) is 1.64. The van der Waals surface area contributed by atoms with Gasteiger partial charge >= 0.3 is 0 Å². The Morgan fingerprint density at radius 1 is 0.731 bits per heavy atom. The Hall–Kier alpha value is 1.08. The number of hydrogen-bond acceptors (Lipinski definition) is 6. The number of amidine groups is 3. The molecule has 0 atom stereocenters. The largest absolute Gasteiger partial charge is 0.379 e. The Morgan fingerprint density at radius 2 is 1.04 bits per heavy atom. The van der Waals surface area contributed by atoms with Crippen molar-refractivity contribution < 1.29 is 0 Å². The number of thioether (sulfide) groups is 3. The minimum atomic E-state index is 0. The fourth-order valence-electron chi connectivity index (χ4n) is 1.62. The van der Waals surface area contributed by atoms with Crippen molar-refractivity contribution in [3.05, 3.63) is 31.7 Å². The highest BCUT2D eigenvalue weighted by molar-refractivity contribution is 9.11. The standard InChI is InChI=1S/C12H16Br2N6S3.3BrH/c13-8-5(2-21-10(15)16)1-6(3-22-11(17)18)9(14)7(8)4-23-12(19)20;;;/h1H,2-4H2,(H3,15,16)(H3,17,18)(H3,19,20);3*1H. The van der Waals surface area contributed by atoms with Gasteiger partial charge in [0.2, 0.25) is 0 Å². The van der Waals surface area contributed by atoms with Crippen LogP contribution in [-0.2, 0) is 17.3 Å². The molecule has 1 aromatic carbocycles. The van der Waals surface area contributed by atoms with Crippen LogP contribution >= 0.6 is 118 Å². The molecule has 0 aromatic heterocycles. The molecule has 1 rings (SSSR count). The predicted octanol–water partition coefficient (Wildman–Crippen LogP) is 5.33. The Labute approximate surface area is 213 Å². The van der Waals surface area contributed by atoms with Gasteiger partial charge in [0.25, 0.3) is 0 Å². The first kappa shape index (κ1) is 31.8. The number of nitrogens with two attached hydrogens (primary N) is 3. The van der Waals surface area contributed by atoms with Crippen LogP contribution in [0.5, 0.6) is 0 Å². The first-order valence-electron chi connectivity index (χ1n) is 6.11. The van der Waals surface area contributed by atoms with E-state index in [9.17, 15) is 0 Å². The lowest BCUT2D eigenvalue weighted by molar-refractivity contribution is 1.22. The molecule has 0 bridgehead atoms. The average molecular weight is 743 g/mol. The summed E-state index contributed by atoms with van der Waals surface area (Å²) in [5, 5.41) is 22.3. The van der Waals surface area contributed by atoms with E-state index in [2.05, 4.69) is 31.9 Å². The van der Waals surface area contributed by atoms with Crippen molar-refractivity contribution in [3.8, 4) is 0 Å². The fourth-order valence-corrected chi connectivity index (χ4v) is 5.48. The minimum absolute atomic E-state index is 0. The molecule has 6 nitrogen and oxygen atoms in total. The number of hydrogen-bond donors (Lipinski definition) is 6. The zero-order valence-electron chi connectivity index (χ0n) is 13.1. The molecule has 0 aliphatic heterocycles. The van der Waals surface area contributed by atoms with E-state index in [4.69, 9.17) is 33.4 Å². The van der Waals surface area contributed by atoms with Crippen molar-refractivity contribution in [2.45, 2.75) is 17.3 Å². The van der Waals surface area contributed by atoms with Crippen molar-refractivity contribution in [1.82, 2.24) is 0 Å². The molecule has 1 aromatic rings. The quantitative estimate of drug-likeness (QED) is 0.172. The maximum Gasteiger partial charge on any atom is 0.151 e. The normalized spacial score (nSPS) is 9.31. The summed E-state index contributed by atoms with van der Waals surface area (Å²) in [5.41, 5.74) is 19.2. The van der Waals surface area contributed by atoms with Crippen LogP contribution in [0.3, 0.4) is 0 Å². The lowest BCUT2D eigenvalue weighted by Crippen LogP contribution is -2.07. The summed E-state index contributed by atoms with van der Waals surface area (Å²) in [6.07, 6.45) is 0. The van der Waals surface area contributed by atoms with E-state index in [1.165, 1.54) is 35.3 Å². The second kappa shape index (κ2) is 15.9. The molecule has 0 amide bonds. The van der Waals surface area contributed by atoms with Crippen LogP contribution in [0.2, 0.25) is 0 Å². The number of benzene rings is 1. The fraction of sp³-hybridized carbons (Fsp3) is 0.250. The molecule has 0 saturated carbocycles. The van der Waals surface area contributed by atoms with Gasteiger partial charge in [0, 0.05) is 26.2 Å². The average Bonchev–Trinajstić information content (AvgIpc) is 2.44. The van der Waals surface area contributed by atoms with Crippen molar-refractivity contribution in [3.63, 3.8) is 0 Å². The second-order valence-electron chi connectivity index (χ2n) is 4.26. The van der Waals surface area contributed by atoms with Crippen molar-refractivity contribution in [2.24, 2.45) is 17.2 Å². The van der Waals surface area contributed by atoms with Gasteiger partial charge < -0.3 is 17.2 Å². The summed E-state index contributed by atoms with van der Waals surface area (Å²) in [7, 11) is 0. The Kier molecular flexibility index (Phi) is 19.5. The highest BCUT2D eigenvalue weighted by atomic mass is 79.9. The van der Waals surface area contributed by atoms with E-state index in [1.54, 1.807) is 0 Å². The third kappa shape index (κ3) is 11.2. The Morgan fingerprint density at radius 3 is 1.35 bits per heavy atom. The van der Waals surface area contributed by atoms with Gasteiger partial charge in [-0.3, -0.25) is 16.2 Å². The smallest absolute Gasteiger partial charge is 0.151 e. The Bertz CT molecular complexity index is 604. The number of rotatable bonds is 6. The van der Waals surface area contributed by atoms with Crippen LogP contribution in [0.25, 0.3) is 0 Å². The van der Waals surface area contributed by atoms with Gasteiger partial charge in [-0.25, -0.2) is 0 Å². The van der Waals surface area contributed by atoms with Gasteiger partial charge in [-0.05, 0) is 16.7 Å². The zero-order chi connectivity index (χ0) is 17.6. The van der Waals surface area contributed by atoms with Crippen LogP contribution in [-0.4, -0.2) is 15.5 Å². The molecule has 0 heterocycles. The first-order valence-corrected chi connectivity index (χ1v) is 10.7. The number of nitrogens with one attached hydrogen (secondary N) is 3. The lowest BCUT2D eigenvalue weighted by Gasteiger charge is -2.16. The molecule has 0 fully saturated rings. The molecule has 150 valence electrons. The lowest BCUT2D eigenvalue weighted by atomic mass is 10.1. The third-order valence-corrected chi connectivity index (χ3v) is 6.83. The van der Waals surface area contributed by atoms with E-state index in [-0.39, 0.29) is 66.4 Å². The molecule has 0 saturated heterocycles. The van der Waals surface area contributed by atoms with E-state index in [0.29, 0.717) is 17.3 Å². The summed E-state index contributed by atoms with van der Waals surface area (Å²) in [6, 6.07) is 2.00. The summed E-state index contributed by atoms with van der Waals surface area (Å²) >= 11 is 10.9. The second-order valence-corrected chi connectivity index (χ2v) is 8.90. The van der Waals surface area contributed by atoms with Gasteiger partial charge in [0.05, 0.1) is 0 Å². The van der Waals surface area contributed by atoms with E-state index in [0.717, 1.165) is 25.6 Å². The van der Waals surface area contributed by atoms with Crippen molar-refractivity contribution in [1.29, 1.82) is 16.2 Å². The van der Waals surface area contributed by atoms with Crippen molar-refractivity contribution >= 4 is 134 Å². The topological polar surface area (TPSA) is 150 Å². The number of halogens is 5. The highest BCUT2D eigenvalue weighted by Crippen LogP contribution is 2.37. The maximum absolute atomic E-state index is 7.38. The van der Waals surface area contributed by atoms with Crippen LogP contribution in [0.1, 0.15) is 16.7 Å². The minimum Gasteiger partial charge on any atom is -0.379 e. The molecule has 0 aliphatic carbocycles. The highest BCUT2D eigenvalue weighted by Gasteiger charge is 2.16. The zero-order valence-corrected chi connectivity index (χ0v) is 23.9. The van der Waals surface area contributed by atoms with Crippen molar-refractivity contribution in [2.75, 3.05) is 0 Å². The molecular formula is C12H19Br5N6S3. The van der Waals surface area contributed by atoms with Crippen LogP contribution < -0.4 is 17.2 Å². The molecule has 0 unspecified atom stereocenters. The SMILES string of the molecule is Br.Br.Br.N=C(N)SCc1cc(CSC(=N)N)c(Br)c(CSC(=N)N)c1Br. The molecule has 9 N–H and O–H groups in total. The Balaban J connectivity index is -0.00000176. The van der Waals surface area contributed by atoms with E-state index in [1.807, 2.05) is 6.07 Å².